The quantitative estimate of drug-likeness (QED) is 0.797. The Hall–Kier alpha value is -3.21. The van der Waals surface area contributed by atoms with Gasteiger partial charge in [0.15, 0.2) is 0 Å². The number of para-hydroxylation sites is 3. The number of nitrogens with zero attached hydrogens (tertiary/aromatic N) is 2. The summed E-state index contributed by atoms with van der Waals surface area (Å²) in [5.41, 5.74) is 2.56. The van der Waals surface area contributed by atoms with E-state index >= 15 is 0 Å². The third-order valence-corrected chi connectivity index (χ3v) is 4.39. The second kappa shape index (κ2) is 6.36. The second-order valence-corrected chi connectivity index (χ2v) is 6.00. The van der Waals surface area contributed by atoms with Gasteiger partial charge in [0, 0.05) is 24.5 Å². The number of hydrogen-bond acceptors (Lipinski definition) is 3. The molecular formula is C20H17N3O2. The van der Waals surface area contributed by atoms with Gasteiger partial charge in [0.2, 0.25) is 5.91 Å². The summed E-state index contributed by atoms with van der Waals surface area (Å²) >= 11 is 0. The van der Waals surface area contributed by atoms with E-state index in [-0.39, 0.29) is 11.8 Å². The predicted molar refractivity (Wildman–Crippen MR) is 97.7 cm³/mol. The normalized spacial score (nSPS) is 14.1. The van der Waals surface area contributed by atoms with Crippen LogP contribution < -0.4 is 10.2 Å². The minimum atomic E-state index is -0.233. The van der Waals surface area contributed by atoms with Crippen molar-refractivity contribution in [1.82, 2.24) is 4.98 Å². The summed E-state index contributed by atoms with van der Waals surface area (Å²) in [6.07, 6.45) is 3.07. The molecule has 2 amide bonds. The van der Waals surface area contributed by atoms with E-state index in [0.717, 1.165) is 17.5 Å². The summed E-state index contributed by atoms with van der Waals surface area (Å²) in [4.78, 5) is 30.9. The number of pyridine rings is 1. The molecule has 1 saturated heterocycles. The van der Waals surface area contributed by atoms with Gasteiger partial charge in [-0.2, -0.15) is 0 Å². The van der Waals surface area contributed by atoms with Crippen LogP contribution in [-0.4, -0.2) is 23.3 Å². The van der Waals surface area contributed by atoms with E-state index in [1.165, 1.54) is 0 Å². The lowest BCUT2D eigenvalue weighted by molar-refractivity contribution is -0.117. The summed E-state index contributed by atoms with van der Waals surface area (Å²) < 4.78 is 0. The van der Waals surface area contributed by atoms with Crippen LogP contribution in [0.4, 0.5) is 11.4 Å². The van der Waals surface area contributed by atoms with Crippen molar-refractivity contribution in [2.24, 2.45) is 0 Å². The van der Waals surface area contributed by atoms with E-state index in [9.17, 15) is 9.59 Å². The van der Waals surface area contributed by atoms with Crippen molar-refractivity contribution in [3.63, 3.8) is 0 Å². The number of amides is 2. The van der Waals surface area contributed by atoms with Gasteiger partial charge in [0.25, 0.3) is 5.91 Å². The number of rotatable bonds is 3. The van der Waals surface area contributed by atoms with Crippen molar-refractivity contribution in [3.8, 4) is 0 Å². The van der Waals surface area contributed by atoms with Crippen LogP contribution in [0.5, 0.6) is 0 Å². The second-order valence-electron chi connectivity index (χ2n) is 6.00. The van der Waals surface area contributed by atoms with Crippen LogP contribution in [-0.2, 0) is 4.79 Å². The fourth-order valence-corrected chi connectivity index (χ4v) is 3.19. The Bertz CT molecular complexity index is 963. The maximum absolute atomic E-state index is 12.8. The molecule has 2 aromatic carbocycles. The summed E-state index contributed by atoms with van der Waals surface area (Å²) in [7, 11) is 0. The molecule has 25 heavy (non-hydrogen) atoms. The molecule has 5 heteroatoms. The van der Waals surface area contributed by atoms with Gasteiger partial charge < -0.3 is 10.2 Å². The van der Waals surface area contributed by atoms with Crippen LogP contribution in [0.25, 0.3) is 10.9 Å². The Balaban J connectivity index is 1.68. The lowest BCUT2D eigenvalue weighted by atomic mass is 10.1. The number of hydrogen-bond donors (Lipinski definition) is 1. The molecule has 1 aliphatic heterocycles. The van der Waals surface area contributed by atoms with Gasteiger partial charge in [-0.05, 0) is 30.7 Å². The first-order valence-corrected chi connectivity index (χ1v) is 8.28. The lowest BCUT2D eigenvalue weighted by Gasteiger charge is -2.20. The lowest BCUT2D eigenvalue weighted by Crippen LogP contribution is -2.25. The minimum Gasteiger partial charge on any atom is -0.320 e. The molecule has 5 nitrogen and oxygen atoms in total. The highest BCUT2D eigenvalue weighted by molar-refractivity contribution is 6.13. The summed E-state index contributed by atoms with van der Waals surface area (Å²) in [5, 5.41) is 3.86. The number of aromatic nitrogens is 1. The van der Waals surface area contributed by atoms with Crippen molar-refractivity contribution in [1.29, 1.82) is 0 Å². The third kappa shape index (κ3) is 2.85. The first-order valence-electron chi connectivity index (χ1n) is 8.28. The van der Waals surface area contributed by atoms with Crippen molar-refractivity contribution < 1.29 is 9.59 Å². The number of benzene rings is 2. The number of carbonyl (C=O) groups is 2. The molecule has 2 heterocycles. The highest BCUT2D eigenvalue weighted by atomic mass is 16.2. The molecule has 0 bridgehead atoms. The molecule has 0 aliphatic carbocycles. The van der Waals surface area contributed by atoms with Crippen molar-refractivity contribution >= 4 is 34.1 Å². The standard InChI is InChI=1S/C20H17N3O2/c24-18-11-5-13-23(18)17-10-2-1-9-16(17)22-20(25)15-8-3-6-14-7-4-12-21-19(14)15/h1-4,6-10,12H,5,11,13H2,(H,22,25). The Morgan fingerprint density at radius 3 is 2.72 bits per heavy atom. The van der Waals surface area contributed by atoms with Gasteiger partial charge in [-0.15, -0.1) is 0 Å². The average Bonchev–Trinajstić information content (AvgIpc) is 3.07. The van der Waals surface area contributed by atoms with Gasteiger partial charge in [-0.1, -0.05) is 30.3 Å². The SMILES string of the molecule is O=C(Nc1ccccc1N1CCCC1=O)c1cccc2cccnc12. The Labute approximate surface area is 145 Å². The molecular weight excluding hydrogens is 314 g/mol. The Kier molecular flexibility index (Phi) is 3.90. The molecule has 3 aromatic rings. The molecule has 1 aliphatic rings. The van der Waals surface area contributed by atoms with E-state index in [4.69, 9.17) is 0 Å². The van der Waals surface area contributed by atoms with E-state index in [2.05, 4.69) is 10.3 Å². The first-order chi connectivity index (χ1) is 12.2. The van der Waals surface area contributed by atoms with Crippen molar-refractivity contribution in [2.45, 2.75) is 12.8 Å². The van der Waals surface area contributed by atoms with Crippen LogP contribution >= 0.6 is 0 Å². The fourth-order valence-electron chi connectivity index (χ4n) is 3.19. The third-order valence-electron chi connectivity index (χ3n) is 4.39. The number of carbonyl (C=O) groups excluding carboxylic acids is 2. The maximum Gasteiger partial charge on any atom is 0.257 e. The minimum absolute atomic E-state index is 0.0912. The smallest absolute Gasteiger partial charge is 0.257 e. The van der Waals surface area contributed by atoms with Gasteiger partial charge >= 0.3 is 0 Å². The van der Waals surface area contributed by atoms with Gasteiger partial charge in [0.05, 0.1) is 22.5 Å². The Morgan fingerprint density at radius 1 is 1.04 bits per heavy atom. The maximum atomic E-state index is 12.8. The predicted octanol–water partition coefficient (Wildman–Crippen LogP) is 3.61. The zero-order chi connectivity index (χ0) is 17.2. The van der Waals surface area contributed by atoms with Crippen LogP contribution in [0.2, 0.25) is 0 Å². The average molecular weight is 331 g/mol. The van der Waals surface area contributed by atoms with Crippen LogP contribution in [0.15, 0.2) is 60.8 Å². The topological polar surface area (TPSA) is 62.3 Å². The number of anilines is 2. The molecule has 1 aromatic heterocycles. The van der Waals surface area contributed by atoms with E-state index < -0.39 is 0 Å². The molecule has 0 saturated carbocycles. The highest BCUT2D eigenvalue weighted by Gasteiger charge is 2.24. The molecule has 1 N–H and O–H groups in total. The van der Waals surface area contributed by atoms with Crippen LogP contribution in [0, 0.1) is 0 Å². The molecule has 1 fully saturated rings. The van der Waals surface area contributed by atoms with Gasteiger partial charge in [0.1, 0.15) is 0 Å². The number of nitrogens with one attached hydrogen (secondary N) is 1. The fraction of sp³-hybridized carbons (Fsp3) is 0.150. The highest BCUT2D eigenvalue weighted by Crippen LogP contribution is 2.30. The van der Waals surface area contributed by atoms with Gasteiger partial charge in [-0.3, -0.25) is 14.6 Å². The monoisotopic (exact) mass is 331 g/mol. The molecule has 4 rings (SSSR count). The zero-order valence-electron chi connectivity index (χ0n) is 13.6. The van der Waals surface area contributed by atoms with Gasteiger partial charge in [-0.25, -0.2) is 0 Å². The summed E-state index contributed by atoms with van der Waals surface area (Å²) in [5.74, 6) is -0.142. The van der Waals surface area contributed by atoms with Crippen molar-refractivity contribution in [3.05, 3.63) is 66.4 Å². The Morgan fingerprint density at radius 2 is 1.88 bits per heavy atom. The molecule has 0 spiro atoms. The van der Waals surface area contributed by atoms with Crippen LogP contribution in [0.1, 0.15) is 23.2 Å². The zero-order valence-corrected chi connectivity index (χ0v) is 13.6. The summed E-state index contributed by atoms with van der Waals surface area (Å²) in [6, 6.07) is 16.7. The van der Waals surface area contributed by atoms with E-state index in [0.29, 0.717) is 29.7 Å². The molecule has 0 unspecified atom stereocenters. The molecule has 0 radical (unpaired) electrons. The molecule has 124 valence electrons. The van der Waals surface area contributed by atoms with E-state index in [1.54, 1.807) is 17.2 Å². The summed E-state index contributed by atoms with van der Waals surface area (Å²) in [6.45, 7) is 0.682. The largest absolute Gasteiger partial charge is 0.320 e. The van der Waals surface area contributed by atoms with Crippen LogP contribution in [0.3, 0.4) is 0 Å². The van der Waals surface area contributed by atoms with Crippen molar-refractivity contribution in [2.75, 3.05) is 16.8 Å². The first kappa shape index (κ1) is 15.3. The van der Waals surface area contributed by atoms with E-state index in [1.807, 2.05) is 48.5 Å². The molecule has 0 atom stereocenters. The number of fused-ring (bicyclic) bond motifs is 1.